The molecule has 0 bridgehead atoms. The lowest BCUT2D eigenvalue weighted by atomic mass is 10.1. The second kappa shape index (κ2) is 8.90. The van der Waals surface area contributed by atoms with Gasteiger partial charge in [-0.25, -0.2) is 9.18 Å². The summed E-state index contributed by atoms with van der Waals surface area (Å²) in [6, 6.07) is 11.6. The Morgan fingerprint density at radius 2 is 1.85 bits per heavy atom. The number of benzene rings is 2. The molecule has 0 fully saturated rings. The van der Waals surface area contributed by atoms with E-state index in [0.717, 1.165) is 17.7 Å². The lowest BCUT2D eigenvalue weighted by molar-refractivity contribution is -0.140. The lowest BCUT2D eigenvalue weighted by Crippen LogP contribution is -2.24. The van der Waals surface area contributed by atoms with Crippen molar-refractivity contribution >= 4 is 6.09 Å². The lowest BCUT2D eigenvalue weighted by Gasteiger charge is -2.07. The van der Waals surface area contributed by atoms with Crippen molar-refractivity contribution in [3.05, 3.63) is 71.0 Å². The van der Waals surface area contributed by atoms with Crippen LogP contribution in [-0.2, 0) is 17.5 Å². The van der Waals surface area contributed by atoms with Gasteiger partial charge in [0, 0.05) is 18.5 Å². The number of amides is 1. The zero-order valence-corrected chi connectivity index (χ0v) is 13.6. The molecule has 1 amide bonds. The first-order chi connectivity index (χ1) is 12.4. The van der Waals surface area contributed by atoms with Crippen molar-refractivity contribution < 1.29 is 27.1 Å². The SMILES string of the molecule is O=C(NCCC#Cc1ccc(C(F)(F)F)c(F)c1)OCc1ccccc1. The summed E-state index contributed by atoms with van der Waals surface area (Å²) in [7, 11) is 0. The van der Waals surface area contributed by atoms with Gasteiger partial charge in [0.2, 0.25) is 0 Å². The van der Waals surface area contributed by atoms with E-state index in [1.54, 1.807) is 0 Å². The van der Waals surface area contributed by atoms with E-state index < -0.39 is 23.7 Å². The van der Waals surface area contributed by atoms with E-state index >= 15 is 0 Å². The second-order valence-corrected chi connectivity index (χ2v) is 5.23. The Labute approximate surface area is 148 Å². The molecule has 0 heterocycles. The average molecular weight is 365 g/mol. The number of rotatable bonds is 4. The minimum atomic E-state index is -4.74. The predicted molar refractivity (Wildman–Crippen MR) is 87.5 cm³/mol. The molecule has 0 aliphatic rings. The summed E-state index contributed by atoms with van der Waals surface area (Å²) in [5.74, 6) is 3.83. The van der Waals surface area contributed by atoms with Gasteiger partial charge in [0.05, 0.1) is 5.56 Å². The van der Waals surface area contributed by atoms with Crippen LogP contribution in [0.2, 0.25) is 0 Å². The van der Waals surface area contributed by atoms with Crippen molar-refractivity contribution in [3.8, 4) is 11.8 Å². The van der Waals surface area contributed by atoms with Gasteiger partial charge >= 0.3 is 12.3 Å². The Balaban J connectivity index is 1.75. The predicted octanol–water partition coefficient (Wildman–Crippen LogP) is 4.51. The summed E-state index contributed by atoms with van der Waals surface area (Å²) < 4.78 is 55.7. The fraction of sp³-hybridized carbons (Fsp3) is 0.211. The summed E-state index contributed by atoms with van der Waals surface area (Å²) >= 11 is 0. The summed E-state index contributed by atoms with van der Waals surface area (Å²) in [6.07, 6.45) is -5.10. The Kier molecular flexibility index (Phi) is 6.61. The number of alkyl carbamates (subject to hydrolysis) is 1. The smallest absolute Gasteiger partial charge is 0.419 e. The first kappa shape index (κ1) is 19.3. The highest BCUT2D eigenvalue weighted by Crippen LogP contribution is 2.31. The van der Waals surface area contributed by atoms with Gasteiger partial charge in [-0.2, -0.15) is 13.2 Å². The van der Waals surface area contributed by atoms with Crippen molar-refractivity contribution in [1.29, 1.82) is 0 Å². The van der Waals surface area contributed by atoms with Crippen molar-refractivity contribution in [2.45, 2.75) is 19.2 Å². The molecule has 1 N–H and O–H groups in total. The zero-order valence-electron chi connectivity index (χ0n) is 13.6. The third kappa shape index (κ3) is 6.13. The molecule has 2 aromatic carbocycles. The van der Waals surface area contributed by atoms with Gasteiger partial charge in [-0.1, -0.05) is 42.2 Å². The molecular formula is C19H15F4NO2. The number of alkyl halides is 3. The van der Waals surface area contributed by atoms with E-state index in [4.69, 9.17) is 4.74 Å². The first-order valence-corrected chi connectivity index (χ1v) is 7.66. The van der Waals surface area contributed by atoms with Gasteiger partial charge in [0.1, 0.15) is 12.4 Å². The number of carbonyl (C=O) groups is 1. The topological polar surface area (TPSA) is 38.3 Å². The average Bonchev–Trinajstić information content (AvgIpc) is 2.59. The summed E-state index contributed by atoms with van der Waals surface area (Å²) in [5, 5.41) is 2.49. The largest absolute Gasteiger partial charge is 0.445 e. The number of hydrogen-bond donors (Lipinski definition) is 1. The molecule has 0 aliphatic carbocycles. The molecule has 2 aromatic rings. The van der Waals surface area contributed by atoms with E-state index in [9.17, 15) is 22.4 Å². The fourth-order valence-electron chi connectivity index (χ4n) is 1.99. The van der Waals surface area contributed by atoms with E-state index in [1.165, 1.54) is 0 Å². The number of carbonyl (C=O) groups excluding carboxylic acids is 1. The monoisotopic (exact) mass is 365 g/mol. The molecule has 0 unspecified atom stereocenters. The Bertz CT molecular complexity index is 808. The van der Waals surface area contributed by atoms with Crippen LogP contribution in [0.3, 0.4) is 0 Å². The summed E-state index contributed by atoms with van der Waals surface area (Å²) in [5.41, 5.74) is -0.347. The molecule has 7 heteroatoms. The van der Waals surface area contributed by atoms with Crippen LogP contribution in [0.15, 0.2) is 48.5 Å². The molecule has 0 spiro atoms. The Morgan fingerprint density at radius 1 is 1.12 bits per heavy atom. The van der Waals surface area contributed by atoms with Crippen LogP contribution in [0.5, 0.6) is 0 Å². The van der Waals surface area contributed by atoms with Crippen LogP contribution in [0.4, 0.5) is 22.4 Å². The van der Waals surface area contributed by atoms with Crippen LogP contribution in [-0.4, -0.2) is 12.6 Å². The maximum absolute atomic E-state index is 13.4. The molecular weight excluding hydrogens is 350 g/mol. The quantitative estimate of drug-likeness (QED) is 0.492. The summed E-state index contributed by atoms with van der Waals surface area (Å²) in [4.78, 5) is 11.5. The van der Waals surface area contributed by atoms with Crippen LogP contribution in [0.1, 0.15) is 23.1 Å². The van der Waals surface area contributed by atoms with E-state index in [2.05, 4.69) is 17.2 Å². The number of ether oxygens (including phenoxy) is 1. The third-order valence-corrected chi connectivity index (χ3v) is 3.24. The summed E-state index contributed by atoms with van der Waals surface area (Å²) in [6.45, 7) is 0.340. The second-order valence-electron chi connectivity index (χ2n) is 5.23. The molecule has 2 rings (SSSR count). The molecule has 26 heavy (non-hydrogen) atoms. The molecule has 0 aromatic heterocycles. The minimum Gasteiger partial charge on any atom is -0.445 e. The van der Waals surface area contributed by atoms with Crippen molar-refractivity contribution in [3.63, 3.8) is 0 Å². The third-order valence-electron chi connectivity index (χ3n) is 3.24. The van der Waals surface area contributed by atoms with Gasteiger partial charge < -0.3 is 10.1 Å². The van der Waals surface area contributed by atoms with Crippen molar-refractivity contribution in [2.24, 2.45) is 0 Å². The standard InChI is InChI=1S/C19H15F4NO2/c20-17-12-14(9-10-16(17)19(21,22)23)6-4-5-11-24-18(25)26-13-15-7-2-1-3-8-15/h1-3,7-10,12H,5,11,13H2,(H,24,25). The highest BCUT2D eigenvalue weighted by molar-refractivity contribution is 5.67. The number of hydrogen-bond acceptors (Lipinski definition) is 2. The van der Waals surface area contributed by atoms with Crippen LogP contribution in [0.25, 0.3) is 0 Å². The van der Waals surface area contributed by atoms with Gasteiger partial charge in [-0.05, 0) is 23.8 Å². The number of halogens is 4. The Hall–Kier alpha value is -3.01. The normalized spacial score (nSPS) is 10.6. The molecule has 136 valence electrons. The molecule has 0 radical (unpaired) electrons. The van der Waals surface area contributed by atoms with E-state index in [0.29, 0.717) is 6.07 Å². The van der Waals surface area contributed by atoms with Gasteiger partial charge in [-0.15, -0.1) is 0 Å². The molecule has 0 aliphatic heterocycles. The van der Waals surface area contributed by atoms with Crippen LogP contribution in [0, 0.1) is 17.7 Å². The van der Waals surface area contributed by atoms with Gasteiger partial charge in [-0.3, -0.25) is 0 Å². The van der Waals surface area contributed by atoms with Gasteiger partial charge in [0.25, 0.3) is 0 Å². The highest BCUT2D eigenvalue weighted by atomic mass is 19.4. The van der Waals surface area contributed by atoms with Crippen molar-refractivity contribution in [1.82, 2.24) is 5.32 Å². The van der Waals surface area contributed by atoms with Crippen LogP contribution < -0.4 is 5.32 Å². The molecule has 0 saturated heterocycles. The first-order valence-electron chi connectivity index (χ1n) is 7.66. The van der Waals surface area contributed by atoms with E-state index in [-0.39, 0.29) is 25.1 Å². The fourth-order valence-corrected chi connectivity index (χ4v) is 1.99. The maximum atomic E-state index is 13.4. The highest BCUT2D eigenvalue weighted by Gasteiger charge is 2.33. The number of nitrogens with one attached hydrogen (secondary N) is 1. The van der Waals surface area contributed by atoms with Crippen LogP contribution >= 0.6 is 0 Å². The van der Waals surface area contributed by atoms with Gasteiger partial charge in [0.15, 0.2) is 0 Å². The Morgan fingerprint density at radius 3 is 2.50 bits per heavy atom. The minimum absolute atomic E-state index is 0.127. The van der Waals surface area contributed by atoms with Crippen molar-refractivity contribution in [2.75, 3.05) is 6.54 Å². The zero-order chi connectivity index (χ0) is 19.0. The molecule has 0 atom stereocenters. The van der Waals surface area contributed by atoms with E-state index in [1.807, 2.05) is 30.3 Å². The molecule has 0 saturated carbocycles. The maximum Gasteiger partial charge on any atom is 0.419 e. The molecule has 3 nitrogen and oxygen atoms in total.